The zero-order valence-corrected chi connectivity index (χ0v) is 24.2. The Bertz CT molecular complexity index is 2090. The van der Waals surface area contributed by atoms with Crippen LogP contribution in [-0.4, -0.2) is 0 Å². The first-order valence-corrected chi connectivity index (χ1v) is 15.0. The second-order valence-electron chi connectivity index (χ2n) is 11.0. The van der Waals surface area contributed by atoms with E-state index < -0.39 is 0 Å². The van der Waals surface area contributed by atoms with Gasteiger partial charge in [0.05, 0.1) is 12.2 Å². The average molecular weight is 567 g/mol. The predicted molar refractivity (Wildman–Crippen MR) is 183 cm³/mol. The summed E-state index contributed by atoms with van der Waals surface area (Å²) in [4.78, 5) is 2.34. The number of fused-ring (bicyclic) bond motifs is 3. The van der Waals surface area contributed by atoms with Crippen molar-refractivity contribution in [3.8, 4) is 33.4 Å². The van der Waals surface area contributed by atoms with Crippen LogP contribution in [0.4, 0.5) is 17.1 Å². The molecule has 210 valence electrons. The van der Waals surface area contributed by atoms with E-state index in [-0.39, 0.29) is 0 Å². The van der Waals surface area contributed by atoms with Crippen molar-refractivity contribution in [3.05, 3.63) is 169 Å². The Kier molecular flexibility index (Phi) is 6.54. The summed E-state index contributed by atoms with van der Waals surface area (Å²) in [5.74, 6) is 0.970. The Morgan fingerprint density at radius 2 is 1.09 bits per heavy atom. The van der Waals surface area contributed by atoms with Crippen molar-refractivity contribution in [2.24, 2.45) is 0 Å². The van der Waals surface area contributed by atoms with Gasteiger partial charge in [-0.3, -0.25) is 0 Å². The van der Waals surface area contributed by atoms with E-state index in [0.717, 1.165) is 50.5 Å². The maximum absolute atomic E-state index is 6.36. The quantitative estimate of drug-likeness (QED) is 0.217. The highest BCUT2D eigenvalue weighted by Crippen LogP contribution is 2.43. The maximum Gasteiger partial charge on any atom is 0.137 e. The summed E-state index contributed by atoms with van der Waals surface area (Å²) >= 11 is 0. The molecule has 1 N–H and O–H groups in total. The van der Waals surface area contributed by atoms with Gasteiger partial charge in [0.25, 0.3) is 0 Å². The van der Waals surface area contributed by atoms with E-state index >= 15 is 0 Å². The second kappa shape index (κ2) is 11.1. The minimum atomic E-state index is 0.697. The molecule has 0 bridgehead atoms. The molecule has 0 saturated heterocycles. The van der Waals surface area contributed by atoms with E-state index in [0.29, 0.717) is 6.54 Å². The normalized spacial score (nSPS) is 12.1. The number of furan rings is 1. The van der Waals surface area contributed by atoms with Crippen LogP contribution in [0, 0.1) is 0 Å². The molecule has 0 aliphatic carbocycles. The van der Waals surface area contributed by atoms with Gasteiger partial charge in [0.15, 0.2) is 0 Å². The minimum Gasteiger partial charge on any atom is -0.458 e. The highest BCUT2D eigenvalue weighted by atomic mass is 16.3. The Morgan fingerprint density at radius 3 is 1.80 bits per heavy atom. The second-order valence-corrected chi connectivity index (χ2v) is 11.0. The highest BCUT2D eigenvalue weighted by molar-refractivity contribution is 5.95. The van der Waals surface area contributed by atoms with E-state index in [1.807, 2.05) is 6.20 Å². The topological polar surface area (TPSA) is 28.4 Å². The van der Waals surface area contributed by atoms with E-state index in [1.54, 1.807) is 0 Å². The van der Waals surface area contributed by atoms with Crippen LogP contribution in [0.15, 0.2) is 162 Å². The smallest absolute Gasteiger partial charge is 0.137 e. The minimum absolute atomic E-state index is 0.697. The van der Waals surface area contributed by atoms with E-state index in [4.69, 9.17) is 4.42 Å². The molecule has 0 amide bonds. The van der Waals surface area contributed by atoms with Crippen LogP contribution >= 0.6 is 0 Å². The lowest BCUT2D eigenvalue weighted by Crippen LogP contribution is -2.11. The molecule has 0 saturated carbocycles. The summed E-state index contributed by atoms with van der Waals surface area (Å²) in [5.41, 5.74) is 12.4. The Balaban J connectivity index is 1.26. The molecule has 2 heterocycles. The van der Waals surface area contributed by atoms with Gasteiger partial charge in [0.1, 0.15) is 11.3 Å². The van der Waals surface area contributed by atoms with Gasteiger partial charge in [-0.1, -0.05) is 115 Å². The third kappa shape index (κ3) is 4.75. The van der Waals surface area contributed by atoms with Gasteiger partial charge in [-0.05, 0) is 70.4 Å². The molecule has 0 fully saturated rings. The average Bonchev–Trinajstić information content (AvgIpc) is 3.48. The van der Waals surface area contributed by atoms with Crippen LogP contribution in [0.25, 0.3) is 50.4 Å². The molecule has 1 aliphatic heterocycles. The van der Waals surface area contributed by atoms with Gasteiger partial charge >= 0.3 is 0 Å². The molecule has 44 heavy (non-hydrogen) atoms. The van der Waals surface area contributed by atoms with Gasteiger partial charge in [0, 0.05) is 34.0 Å². The summed E-state index contributed by atoms with van der Waals surface area (Å²) in [7, 11) is 0. The lowest BCUT2D eigenvalue weighted by Gasteiger charge is -2.28. The Hall–Kier alpha value is -5.80. The fourth-order valence-corrected chi connectivity index (χ4v) is 6.15. The van der Waals surface area contributed by atoms with Crippen LogP contribution in [-0.2, 0) is 6.54 Å². The number of rotatable bonds is 6. The van der Waals surface area contributed by atoms with Crippen molar-refractivity contribution in [1.29, 1.82) is 0 Å². The maximum atomic E-state index is 6.36. The van der Waals surface area contributed by atoms with Crippen LogP contribution in [0.2, 0.25) is 0 Å². The van der Waals surface area contributed by atoms with Crippen molar-refractivity contribution in [1.82, 2.24) is 5.32 Å². The number of hydrogen-bond donors (Lipinski definition) is 1. The molecule has 0 radical (unpaired) electrons. The van der Waals surface area contributed by atoms with Gasteiger partial charge in [0.2, 0.25) is 0 Å². The molecule has 8 rings (SSSR count). The number of nitrogens with zero attached hydrogens (tertiary/aromatic N) is 1. The van der Waals surface area contributed by atoms with Gasteiger partial charge < -0.3 is 14.6 Å². The molecular formula is C41H30N2O. The van der Waals surface area contributed by atoms with Gasteiger partial charge in [-0.25, -0.2) is 0 Å². The summed E-state index contributed by atoms with van der Waals surface area (Å²) in [6.45, 7) is 0.697. The molecule has 3 nitrogen and oxygen atoms in total. The summed E-state index contributed by atoms with van der Waals surface area (Å²) in [6.07, 6.45) is 4.09. The Labute approximate surface area is 257 Å². The van der Waals surface area contributed by atoms with Gasteiger partial charge in [-0.2, -0.15) is 0 Å². The molecular weight excluding hydrogens is 536 g/mol. The number of para-hydroxylation sites is 1. The van der Waals surface area contributed by atoms with Crippen LogP contribution in [0.3, 0.4) is 0 Å². The van der Waals surface area contributed by atoms with E-state index in [2.05, 4.69) is 168 Å². The molecule has 0 unspecified atom stereocenters. The van der Waals surface area contributed by atoms with Crippen LogP contribution in [0.5, 0.6) is 0 Å². The zero-order valence-electron chi connectivity index (χ0n) is 24.2. The number of anilines is 3. The van der Waals surface area contributed by atoms with E-state index in [1.165, 1.54) is 22.3 Å². The van der Waals surface area contributed by atoms with Crippen molar-refractivity contribution in [3.63, 3.8) is 0 Å². The fourth-order valence-electron chi connectivity index (χ4n) is 6.15. The summed E-state index contributed by atoms with van der Waals surface area (Å²) in [5, 5.41) is 4.40. The number of hydrogen-bond acceptors (Lipinski definition) is 3. The van der Waals surface area contributed by atoms with Crippen molar-refractivity contribution in [2.75, 3.05) is 4.90 Å². The fraction of sp³-hybridized carbons (Fsp3) is 0.0244. The lowest BCUT2D eigenvalue weighted by atomic mass is 9.98. The first-order chi connectivity index (χ1) is 21.8. The van der Waals surface area contributed by atoms with Crippen molar-refractivity contribution < 1.29 is 4.42 Å². The molecule has 0 atom stereocenters. The Morgan fingerprint density at radius 1 is 0.523 bits per heavy atom. The monoisotopic (exact) mass is 566 g/mol. The molecule has 3 heteroatoms. The first kappa shape index (κ1) is 25.9. The molecule has 1 aliphatic rings. The van der Waals surface area contributed by atoms with Crippen LogP contribution < -0.4 is 10.2 Å². The molecule has 6 aromatic carbocycles. The van der Waals surface area contributed by atoms with E-state index in [9.17, 15) is 0 Å². The number of benzene rings is 6. The van der Waals surface area contributed by atoms with Gasteiger partial charge in [-0.15, -0.1) is 0 Å². The standard InChI is InChI=1S/C41H30N2O/c1-3-9-29(10-4-1)31-15-17-33(18-16-31)36-13-7-8-14-39(36)43(34-21-19-32(20-22-34)30-11-5-2-6-12-30)35-23-24-37-38-25-26-42-28-41(38)44-40(37)27-35/h1-27,42H,28H2. The first-order valence-electron chi connectivity index (χ1n) is 15.0. The lowest BCUT2D eigenvalue weighted by molar-refractivity contribution is 0.532. The summed E-state index contributed by atoms with van der Waals surface area (Å²) < 4.78 is 6.36. The third-order valence-corrected chi connectivity index (χ3v) is 8.36. The zero-order chi connectivity index (χ0) is 29.3. The predicted octanol–water partition coefficient (Wildman–Crippen LogP) is 11.0. The van der Waals surface area contributed by atoms with Crippen LogP contribution in [0.1, 0.15) is 11.3 Å². The molecule has 1 aromatic heterocycles. The highest BCUT2D eigenvalue weighted by Gasteiger charge is 2.20. The third-order valence-electron chi connectivity index (χ3n) is 8.36. The number of nitrogens with one attached hydrogen (secondary N) is 1. The summed E-state index contributed by atoms with van der Waals surface area (Å²) in [6, 6.07) is 53.9. The molecule has 7 aromatic rings. The largest absolute Gasteiger partial charge is 0.458 e. The van der Waals surface area contributed by atoms with Crippen molar-refractivity contribution >= 4 is 34.1 Å². The van der Waals surface area contributed by atoms with Crippen molar-refractivity contribution in [2.45, 2.75) is 6.54 Å². The molecule has 0 spiro atoms. The SMILES string of the molecule is C1=Cc2c(oc3cc(N(c4ccc(-c5ccccc5)cc4)c4ccccc4-c4ccc(-c5ccccc5)cc4)ccc23)CN1.